The largest absolute Gasteiger partial charge is 0.506 e. The maximum atomic E-state index is 11.8. The maximum absolute atomic E-state index is 11.8. The summed E-state index contributed by atoms with van der Waals surface area (Å²) in [4.78, 5) is 11.8. The third-order valence-corrected chi connectivity index (χ3v) is 5.33. The Labute approximate surface area is 180 Å². The fraction of sp³-hybridized carbons (Fsp3) is 0.263. The molecule has 2 rings (SSSR count). The van der Waals surface area contributed by atoms with Gasteiger partial charge in [-0.1, -0.05) is 26.0 Å². The molecule has 0 radical (unpaired) electrons. The van der Waals surface area contributed by atoms with E-state index in [1.165, 1.54) is 11.8 Å². The Morgan fingerprint density at radius 3 is 2.65 bits per heavy atom. The molecule has 5 nitrogen and oxygen atoms in total. The first kappa shape index (κ1) is 20.9. The first-order chi connectivity index (χ1) is 12.4. The maximum Gasteiger partial charge on any atom is 0.277 e. The third kappa shape index (κ3) is 6.11. The van der Waals surface area contributed by atoms with Crippen LogP contribution in [0.15, 0.2) is 41.5 Å². The fourth-order valence-corrected chi connectivity index (χ4v) is 4.06. The summed E-state index contributed by atoms with van der Waals surface area (Å²) in [5.41, 5.74) is 4.19. The molecule has 2 aromatic carbocycles. The highest BCUT2D eigenvalue weighted by molar-refractivity contribution is 14.1. The summed E-state index contributed by atoms with van der Waals surface area (Å²) in [7, 11) is 0. The minimum Gasteiger partial charge on any atom is -0.506 e. The average Bonchev–Trinajstić information content (AvgIpc) is 2.63. The molecule has 1 amide bonds. The van der Waals surface area contributed by atoms with Gasteiger partial charge in [-0.15, -0.1) is 0 Å². The Balaban J connectivity index is 1.86. The summed E-state index contributed by atoms with van der Waals surface area (Å²) in [5.74, 6) is 0.914. The Hall–Kier alpha value is -1.36. The molecule has 26 heavy (non-hydrogen) atoms. The molecule has 2 aromatic rings. The van der Waals surface area contributed by atoms with Crippen LogP contribution in [0.3, 0.4) is 0 Å². The molecular formula is C19H20I2N2O3. The molecule has 0 heterocycles. The Bertz CT molecular complexity index is 792. The van der Waals surface area contributed by atoms with Crippen molar-refractivity contribution >= 4 is 57.3 Å². The molecule has 0 saturated carbocycles. The van der Waals surface area contributed by atoms with Crippen LogP contribution in [0.1, 0.15) is 37.3 Å². The van der Waals surface area contributed by atoms with E-state index < -0.39 is 0 Å². The number of ether oxygens (including phenoxy) is 1. The van der Waals surface area contributed by atoms with Gasteiger partial charge in [0.05, 0.1) is 9.78 Å². The molecular weight excluding hydrogens is 558 g/mol. The van der Waals surface area contributed by atoms with Gasteiger partial charge in [-0.05, 0) is 87.3 Å². The number of nitrogens with zero attached hydrogens (tertiary/aromatic N) is 1. The molecule has 1 atom stereocenters. The lowest BCUT2D eigenvalue weighted by molar-refractivity contribution is -0.123. The molecule has 138 valence electrons. The van der Waals surface area contributed by atoms with Gasteiger partial charge in [0.15, 0.2) is 6.61 Å². The van der Waals surface area contributed by atoms with E-state index in [2.05, 4.69) is 47.0 Å². The van der Waals surface area contributed by atoms with E-state index in [1.54, 1.807) is 6.07 Å². The number of carbonyl (C=O) groups excluding carboxylic acids is 1. The number of aromatic hydroxyl groups is 1. The van der Waals surface area contributed by atoms with Gasteiger partial charge in [0.25, 0.3) is 5.91 Å². The van der Waals surface area contributed by atoms with Crippen molar-refractivity contribution in [2.75, 3.05) is 6.61 Å². The molecule has 0 aliphatic heterocycles. The van der Waals surface area contributed by atoms with E-state index in [-0.39, 0.29) is 18.3 Å². The van der Waals surface area contributed by atoms with Crippen LogP contribution in [0, 0.1) is 7.14 Å². The second kappa shape index (κ2) is 10.1. The number of phenols is 1. The summed E-state index contributed by atoms with van der Waals surface area (Å²) in [6.45, 7) is 4.20. The van der Waals surface area contributed by atoms with Gasteiger partial charge < -0.3 is 9.84 Å². The van der Waals surface area contributed by atoms with Crippen molar-refractivity contribution in [1.82, 2.24) is 5.43 Å². The molecule has 0 aliphatic rings. The molecule has 2 N–H and O–H groups in total. The predicted octanol–water partition coefficient (Wildman–Crippen LogP) is 4.64. The number of hydrazone groups is 1. The van der Waals surface area contributed by atoms with E-state index in [1.807, 2.05) is 52.9 Å². The van der Waals surface area contributed by atoms with E-state index >= 15 is 0 Å². The monoisotopic (exact) mass is 578 g/mol. The second-order valence-electron chi connectivity index (χ2n) is 5.79. The number of carbonyl (C=O) groups is 1. The Morgan fingerprint density at radius 1 is 1.31 bits per heavy atom. The molecule has 7 heteroatoms. The molecule has 0 saturated heterocycles. The van der Waals surface area contributed by atoms with Crippen LogP contribution in [0.2, 0.25) is 0 Å². The van der Waals surface area contributed by atoms with E-state index in [0.29, 0.717) is 17.2 Å². The Morgan fingerprint density at radius 2 is 2.00 bits per heavy atom. The fourth-order valence-electron chi connectivity index (χ4n) is 2.17. The van der Waals surface area contributed by atoms with Gasteiger partial charge in [-0.25, -0.2) is 5.43 Å². The zero-order chi connectivity index (χ0) is 19.1. The second-order valence-corrected chi connectivity index (χ2v) is 8.19. The van der Waals surface area contributed by atoms with Crippen LogP contribution in [0.25, 0.3) is 0 Å². The van der Waals surface area contributed by atoms with Crippen molar-refractivity contribution < 1.29 is 14.6 Å². The quantitative estimate of drug-likeness (QED) is 0.286. The summed E-state index contributed by atoms with van der Waals surface area (Å²) < 4.78 is 7.17. The standard InChI is InChI=1S/C19H20I2N2O3/c1-3-12(2)13-4-6-16(7-5-13)26-11-18(24)23-22-10-14-8-15(20)9-17(21)19(14)25/h4-10,12,25H,3,11H2,1-2H3,(H,23,24)/b22-10+/t12-/m1/s1. The molecule has 0 aromatic heterocycles. The average molecular weight is 578 g/mol. The van der Waals surface area contributed by atoms with Crippen molar-refractivity contribution in [3.05, 3.63) is 54.7 Å². The molecule has 0 aliphatic carbocycles. The number of phenolic OH excluding ortho intramolecular Hbond substituents is 1. The van der Waals surface area contributed by atoms with Crippen molar-refractivity contribution in [1.29, 1.82) is 0 Å². The van der Waals surface area contributed by atoms with Crippen LogP contribution in [0.5, 0.6) is 11.5 Å². The van der Waals surface area contributed by atoms with Crippen LogP contribution < -0.4 is 10.2 Å². The van der Waals surface area contributed by atoms with E-state index in [9.17, 15) is 9.90 Å². The SMILES string of the molecule is CC[C@@H](C)c1ccc(OCC(=O)N/N=C/c2cc(I)cc(I)c2O)cc1. The van der Waals surface area contributed by atoms with Crippen molar-refractivity contribution in [2.24, 2.45) is 5.10 Å². The third-order valence-electron chi connectivity index (χ3n) is 3.88. The Kier molecular flexibility index (Phi) is 8.14. The van der Waals surface area contributed by atoms with Crippen molar-refractivity contribution in [3.63, 3.8) is 0 Å². The number of amides is 1. The molecule has 0 bridgehead atoms. The van der Waals surface area contributed by atoms with Gasteiger partial charge in [0.1, 0.15) is 11.5 Å². The topological polar surface area (TPSA) is 70.9 Å². The van der Waals surface area contributed by atoms with Crippen LogP contribution in [0.4, 0.5) is 0 Å². The molecule has 0 unspecified atom stereocenters. The first-order valence-corrected chi connectivity index (χ1v) is 10.3. The van der Waals surface area contributed by atoms with Gasteiger partial charge in [0.2, 0.25) is 0 Å². The lowest BCUT2D eigenvalue weighted by Crippen LogP contribution is -2.24. The number of rotatable bonds is 7. The summed E-state index contributed by atoms with van der Waals surface area (Å²) in [6.07, 6.45) is 2.49. The van der Waals surface area contributed by atoms with Crippen LogP contribution >= 0.6 is 45.2 Å². The van der Waals surface area contributed by atoms with Gasteiger partial charge in [-0.2, -0.15) is 5.10 Å². The highest BCUT2D eigenvalue weighted by atomic mass is 127. The number of nitrogens with one attached hydrogen (secondary N) is 1. The highest BCUT2D eigenvalue weighted by Gasteiger charge is 2.07. The van der Waals surface area contributed by atoms with Crippen LogP contribution in [-0.4, -0.2) is 23.8 Å². The predicted molar refractivity (Wildman–Crippen MR) is 120 cm³/mol. The van der Waals surface area contributed by atoms with Crippen molar-refractivity contribution in [3.8, 4) is 11.5 Å². The number of halogens is 2. The zero-order valence-corrected chi connectivity index (χ0v) is 18.8. The lowest BCUT2D eigenvalue weighted by atomic mass is 9.99. The van der Waals surface area contributed by atoms with Crippen molar-refractivity contribution in [2.45, 2.75) is 26.2 Å². The number of hydrogen-bond acceptors (Lipinski definition) is 4. The van der Waals surface area contributed by atoms with Gasteiger partial charge in [0, 0.05) is 9.13 Å². The highest BCUT2D eigenvalue weighted by Crippen LogP contribution is 2.25. The van der Waals surface area contributed by atoms with E-state index in [0.717, 1.165) is 13.6 Å². The summed E-state index contributed by atoms with van der Waals surface area (Å²) >= 11 is 4.20. The van der Waals surface area contributed by atoms with E-state index in [4.69, 9.17) is 4.74 Å². The zero-order valence-electron chi connectivity index (χ0n) is 14.5. The smallest absolute Gasteiger partial charge is 0.277 e. The number of hydrogen-bond donors (Lipinski definition) is 2. The normalized spacial score (nSPS) is 12.2. The van der Waals surface area contributed by atoms with Crippen LogP contribution in [-0.2, 0) is 4.79 Å². The molecule has 0 spiro atoms. The van der Waals surface area contributed by atoms with Gasteiger partial charge >= 0.3 is 0 Å². The lowest BCUT2D eigenvalue weighted by Gasteiger charge is -2.10. The number of benzene rings is 2. The molecule has 0 fully saturated rings. The summed E-state index contributed by atoms with van der Waals surface area (Å²) in [5, 5.41) is 13.9. The van der Waals surface area contributed by atoms with Gasteiger partial charge in [-0.3, -0.25) is 4.79 Å². The minimum atomic E-state index is -0.368. The first-order valence-electron chi connectivity index (χ1n) is 8.13. The minimum absolute atomic E-state index is 0.129. The summed E-state index contributed by atoms with van der Waals surface area (Å²) in [6, 6.07) is 11.4.